The summed E-state index contributed by atoms with van der Waals surface area (Å²) in [6.07, 6.45) is 5.47. The predicted octanol–water partition coefficient (Wildman–Crippen LogP) is 2.31. The first kappa shape index (κ1) is 21.5. The molecule has 2 aliphatic heterocycles. The van der Waals surface area contributed by atoms with Crippen LogP contribution in [0.2, 0.25) is 0 Å². The Morgan fingerprint density at radius 3 is 2.94 bits per heavy atom. The highest BCUT2D eigenvalue weighted by molar-refractivity contribution is 5.93. The van der Waals surface area contributed by atoms with Gasteiger partial charge in [0.15, 0.2) is 11.5 Å². The number of ether oxygens (including phenoxy) is 2. The van der Waals surface area contributed by atoms with Crippen LogP contribution in [0.25, 0.3) is 0 Å². The summed E-state index contributed by atoms with van der Waals surface area (Å²) in [5.74, 6) is 4.01. The van der Waals surface area contributed by atoms with Gasteiger partial charge in [0, 0.05) is 45.6 Å². The molecule has 4 heterocycles. The lowest BCUT2D eigenvalue weighted by molar-refractivity contribution is 0.0953. The van der Waals surface area contributed by atoms with Crippen molar-refractivity contribution in [2.45, 2.75) is 32.7 Å². The summed E-state index contributed by atoms with van der Waals surface area (Å²) in [7, 11) is 0. The molecule has 9 heteroatoms. The maximum Gasteiger partial charge on any atom is 0.254 e. The van der Waals surface area contributed by atoms with Gasteiger partial charge in [0.25, 0.3) is 5.91 Å². The molecule has 1 unspecified atom stereocenters. The van der Waals surface area contributed by atoms with Gasteiger partial charge in [0.2, 0.25) is 6.79 Å². The van der Waals surface area contributed by atoms with E-state index in [1.165, 1.54) is 18.1 Å². The van der Waals surface area contributed by atoms with Crippen LogP contribution in [0, 0.1) is 5.92 Å². The number of hydrogen-bond donors (Lipinski definition) is 1. The molecule has 1 amide bonds. The average Bonchev–Trinajstić information content (AvgIpc) is 3.55. The van der Waals surface area contributed by atoms with Crippen molar-refractivity contribution in [3.63, 3.8) is 0 Å². The van der Waals surface area contributed by atoms with E-state index in [2.05, 4.69) is 44.0 Å². The number of carbonyl (C=O) groups is 1. The number of hydrogen-bond acceptors (Lipinski definition) is 7. The lowest BCUT2D eigenvalue weighted by Crippen LogP contribution is -2.32. The summed E-state index contributed by atoms with van der Waals surface area (Å²) >= 11 is 0. The summed E-state index contributed by atoms with van der Waals surface area (Å²) in [5, 5.41) is 11.7. The Hall–Kier alpha value is -3.33. The zero-order chi connectivity index (χ0) is 22.6. The molecule has 0 radical (unpaired) electrons. The molecule has 0 fully saturated rings. The normalized spacial score (nSPS) is 16.3. The minimum atomic E-state index is -0.137. The molecule has 5 rings (SSSR count). The Morgan fingerprint density at radius 2 is 2.06 bits per heavy atom. The maximum absolute atomic E-state index is 12.1. The first-order valence-electron chi connectivity index (χ1n) is 11.5. The van der Waals surface area contributed by atoms with E-state index in [0.29, 0.717) is 31.2 Å². The fraction of sp³-hybridized carbons (Fsp3) is 0.458. The van der Waals surface area contributed by atoms with E-state index in [1.54, 1.807) is 6.07 Å². The van der Waals surface area contributed by atoms with Gasteiger partial charge < -0.3 is 28.7 Å². The van der Waals surface area contributed by atoms with Crippen LogP contribution >= 0.6 is 0 Å². The van der Waals surface area contributed by atoms with Gasteiger partial charge in [0.05, 0.1) is 11.8 Å². The summed E-state index contributed by atoms with van der Waals surface area (Å²) in [6, 6.07) is 7.88. The molecular formula is C24H29N5O4. The molecule has 0 aliphatic carbocycles. The van der Waals surface area contributed by atoms with Crippen LogP contribution in [0.3, 0.4) is 0 Å². The van der Waals surface area contributed by atoms with Crippen LogP contribution in [-0.2, 0) is 25.8 Å². The molecule has 1 aromatic carbocycles. The van der Waals surface area contributed by atoms with Gasteiger partial charge in [-0.05, 0) is 36.1 Å². The maximum atomic E-state index is 12.1. The molecule has 0 spiro atoms. The fourth-order valence-electron chi connectivity index (χ4n) is 4.55. The second-order valence-corrected chi connectivity index (χ2v) is 8.75. The van der Waals surface area contributed by atoms with E-state index < -0.39 is 0 Å². The number of furan rings is 1. The molecule has 9 nitrogen and oxygen atoms in total. The monoisotopic (exact) mass is 451 g/mol. The first-order chi connectivity index (χ1) is 16.2. The lowest BCUT2D eigenvalue weighted by atomic mass is 10.00. The predicted molar refractivity (Wildman–Crippen MR) is 120 cm³/mol. The number of carbonyl (C=O) groups excluding carboxylic acids is 1. The molecule has 0 bridgehead atoms. The van der Waals surface area contributed by atoms with Gasteiger partial charge in [-0.3, -0.25) is 4.79 Å². The smallest absolute Gasteiger partial charge is 0.254 e. The van der Waals surface area contributed by atoms with Crippen molar-refractivity contribution < 1.29 is 18.7 Å². The first-order valence-corrected chi connectivity index (χ1v) is 11.5. The fourth-order valence-corrected chi connectivity index (χ4v) is 4.55. The Kier molecular flexibility index (Phi) is 6.30. The molecule has 1 N–H and O–H groups in total. The van der Waals surface area contributed by atoms with Crippen molar-refractivity contribution in [1.82, 2.24) is 25.0 Å². The lowest BCUT2D eigenvalue weighted by Gasteiger charge is -2.24. The molecular weight excluding hydrogens is 422 g/mol. The van der Waals surface area contributed by atoms with Crippen LogP contribution in [0.1, 0.15) is 34.5 Å². The highest BCUT2D eigenvalue weighted by atomic mass is 16.7. The van der Waals surface area contributed by atoms with Gasteiger partial charge in [0.1, 0.15) is 17.9 Å². The highest BCUT2D eigenvalue weighted by Gasteiger charge is 2.21. The van der Waals surface area contributed by atoms with Crippen LogP contribution < -0.4 is 14.8 Å². The Morgan fingerprint density at radius 1 is 1.15 bits per heavy atom. The van der Waals surface area contributed by atoms with E-state index >= 15 is 0 Å². The van der Waals surface area contributed by atoms with E-state index in [9.17, 15) is 4.79 Å². The zero-order valence-electron chi connectivity index (χ0n) is 18.8. The van der Waals surface area contributed by atoms with Gasteiger partial charge in [-0.25, -0.2) is 0 Å². The van der Waals surface area contributed by atoms with E-state index in [-0.39, 0.29) is 5.91 Å². The molecule has 0 saturated heterocycles. The summed E-state index contributed by atoms with van der Waals surface area (Å²) < 4.78 is 18.1. The topological polar surface area (TPSA) is 94.7 Å². The third-order valence-electron chi connectivity index (χ3n) is 6.20. The SMILES string of the molecule is CC(Cc1ccc2c(c1)OCO2)CN1CCc2nnc(CCNC(=O)c3ccoc3)n2CC1. The second kappa shape index (κ2) is 9.66. The number of benzene rings is 1. The zero-order valence-corrected chi connectivity index (χ0v) is 18.8. The number of fused-ring (bicyclic) bond motifs is 2. The van der Waals surface area contributed by atoms with Crippen molar-refractivity contribution >= 4 is 5.91 Å². The number of rotatable bonds is 8. The summed E-state index contributed by atoms with van der Waals surface area (Å²) in [6.45, 7) is 6.95. The highest BCUT2D eigenvalue weighted by Crippen LogP contribution is 2.33. The Labute approximate surface area is 192 Å². The van der Waals surface area contributed by atoms with Crippen LogP contribution in [0.4, 0.5) is 0 Å². The molecule has 0 saturated carbocycles. The second-order valence-electron chi connectivity index (χ2n) is 8.75. The molecule has 2 aliphatic rings. The summed E-state index contributed by atoms with van der Waals surface area (Å²) in [5.41, 5.74) is 1.80. The minimum absolute atomic E-state index is 0.137. The third-order valence-corrected chi connectivity index (χ3v) is 6.20. The van der Waals surface area contributed by atoms with Gasteiger partial charge in [-0.15, -0.1) is 10.2 Å². The molecule has 174 valence electrons. The Bertz CT molecular complexity index is 1090. The van der Waals surface area contributed by atoms with Crippen LogP contribution in [0.15, 0.2) is 41.2 Å². The van der Waals surface area contributed by atoms with E-state index in [0.717, 1.165) is 62.2 Å². The quantitative estimate of drug-likeness (QED) is 0.562. The molecule has 1 atom stereocenters. The largest absolute Gasteiger partial charge is 0.472 e. The van der Waals surface area contributed by atoms with Gasteiger partial charge in [-0.2, -0.15) is 0 Å². The van der Waals surface area contributed by atoms with Crippen molar-refractivity contribution in [3.05, 3.63) is 59.6 Å². The number of aromatic nitrogens is 3. The van der Waals surface area contributed by atoms with Crippen molar-refractivity contribution in [3.8, 4) is 11.5 Å². The van der Waals surface area contributed by atoms with Crippen molar-refractivity contribution in [1.29, 1.82) is 0 Å². The van der Waals surface area contributed by atoms with Gasteiger partial charge >= 0.3 is 0 Å². The van der Waals surface area contributed by atoms with E-state index in [4.69, 9.17) is 13.9 Å². The van der Waals surface area contributed by atoms with Crippen LogP contribution in [-0.4, -0.2) is 58.5 Å². The van der Waals surface area contributed by atoms with Crippen LogP contribution in [0.5, 0.6) is 11.5 Å². The molecule has 3 aromatic rings. The third kappa shape index (κ3) is 5.03. The minimum Gasteiger partial charge on any atom is -0.472 e. The van der Waals surface area contributed by atoms with Gasteiger partial charge in [-0.1, -0.05) is 13.0 Å². The average molecular weight is 452 g/mol. The summed E-state index contributed by atoms with van der Waals surface area (Å²) in [4.78, 5) is 14.6. The molecule has 2 aromatic heterocycles. The Balaban J connectivity index is 1.11. The van der Waals surface area contributed by atoms with E-state index in [1.807, 2.05) is 6.07 Å². The van der Waals surface area contributed by atoms with Crippen molar-refractivity contribution in [2.24, 2.45) is 5.92 Å². The number of nitrogens with zero attached hydrogens (tertiary/aromatic N) is 4. The molecule has 33 heavy (non-hydrogen) atoms. The standard InChI is InChI=1S/C24H29N5O4/c1-17(12-18-2-3-20-21(13-18)33-16-32-20)14-28-8-5-23-27-26-22(29(23)10-9-28)4-7-25-24(30)19-6-11-31-15-19/h2-3,6,11,13,15,17H,4-5,7-10,12,14,16H2,1H3,(H,25,30). The number of nitrogens with one attached hydrogen (secondary N) is 1. The van der Waals surface area contributed by atoms with Crippen molar-refractivity contribution in [2.75, 3.05) is 33.0 Å². The number of amides is 1.